The first-order valence-corrected chi connectivity index (χ1v) is 6.75. The molecule has 2 rings (SSSR count). The molecule has 4 nitrogen and oxygen atoms in total. The minimum absolute atomic E-state index is 0.455. The summed E-state index contributed by atoms with van der Waals surface area (Å²) in [6.07, 6.45) is 1.08. The van der Waals surface area contributed by atoms with Crippen LogP contribution < -0.4 is 14.8 Å². The number of halogens is 1. The fraction of sp³-hybridized carbons (Fsp3) is 0.538. The Kier molecular flexibility index (Phi) is 4.86. The molecular formula is C13H18BrNO3. The second-order valence-corrected chi connectivity index (χ2v) is 5.11. The van der Waals surface area contributed by atoms with E-state index in [2.05, 4.69) is 21.2 Å². The maximum absolute atomic E-state index is 5.33. The van der Waals surface area contributed by atoms with E-state index in [4.69, 9.17) is 14.2 Å². The highest BCUT2D eigenvalue weighted by molar-refractivity contribution is 9.10. The van der Waals surface area contributed by atoms with Crippen LogP contribution in [-0.2, 0) is 11.3 Å². The standard InChI is InChI=1S/C13H18BrNO3/c1-16-12-6-9(5-11(14)13(12)17-2)7-15-10-3-4-18-8-10/h5-6,10,15H,3-4,7-8H2,1-2H3. The molecule has 1 aliphatic heterocycles. The lowest BCUT2D eigenvalue weighted by Crippen LogP contribution is -2.28. The van der Waals surface area contributed by atoms with E-state index in [1.807, 2.05) is 12.1 Å². The number of hydrogen-bond acceptors (Lipinski definition) is 4. The molecule has 1 N–H and O–H groups in total. The van der Waals surface area contributed by atoms with Gasteiger partial charge in [0.15, 0.2) is 11.5 Å². The van der Waals surface area contributed by atoms with Gasteiger partial charge in [0, 0.05) is 19.2 Å². The molecule has 1 aromatic carbocycles. The number of methoxy groups -OCH3 is 2. The Labute approximate surface area is 116 Å². The molecule has 1 heterocycles. The molecule has 1 aromatic rings. The third-order valence-corrected chi connectivity index (χ3v) is 3.61. The van der Waals surface area contributed by atoms with Gasteiger partial charge in [0.2, 0.25) is 0 Å². The number of rotatable bonds is 5. The topological polar surface area (TPSA) is 39.7 Å². The molecule has 0 saturated carbocycles. The van der Waals surface area contributed by atoms with Gasteiger partial charge in [-0.2, -0.15) is 0 Å². The molecule has 5 heteroatoms. The third-order valence-electron chi connectivity index (χ3n) is 3.02. The Morgan fingerprint density at radius 3 is 2.83 bits per heavy atom. The van der Waals surface area contributed by atoms with Gasteiger partial charge < -0.3 is 19.5 Å². The van der Waals surface area contributed by atoms with Crippen LogP contribution in [0.25, 0.3) is 0 Å². The smallest absolute Gasteiger partial charge is 0.174 e. The largest absolute Gasteiger partial charge is 0.493 e. The van der Waals surface area contributed by atoms with Crippen molar-refractivity contribution < 1.29 is 14.2 Å². The summed E-state index contributed by atoms with van der Waals surface area (Å²) in [6, 6.07) is 4.49. The van der Waals surface area contributed by atoms with Crippen LogP contribution in [0.2, 0.25) is 0 Å². The van der Waals surface area contributed by atoms with Crippen molar-refractivity contribution in [2.24, 2.45) is 0 Å². The predicted octanol–water partition coefficient (Wildman–Crippen LogP) is 2.34. The molecule has 1 fully saturated rings. The van der Waals surface area contributed by atoms with E-state index in [9.17, 15) is 0 Å². The van der Waals surface area contributed by atoms with E-state index in [-0.39, 0.29) is 0 Å². The maximum atomic E-state index is 5.33. The first kappa shape index (κ1) is 13.6. The van der Waals surface area contributed by atoms with Crippen LogP contribution in [0.3, 0.4) is 0 Å². The molecule has 0 spiro atoms. The number of ether oxygens (including phenoxy) is 3. The van der Waals surface area contributed by atoms with Gasteiger partial charge in [-0.3, -0.25) is 0 Å². The van der Waals surface area contributed by atoms with E-state index in [0.717, 1.165) is 47.7 Å². The molecular weight excluding hydrogens is 298 g/mol. The molecule has 0 radical (unpaired) electrons. The Hall–Kier alpha value is -0.780. The fourth-order valence-electron chi connectivity index (χ4n) is 2.03. The van der Waals surface area contributed by atoms with Crippen molar-refractivity contribution in [3.8, 4) is 11.5 Å². The summed E-state index contributed by atoms with van der Waals surface area (Å²) in [4.78, 5) is 0. The monoisotopic (exact) mass is 315 g/mol. The van der Waals surface area contributed by atoms with Crippen molar-refractivity contribution in [1.82, 2.24) is 5.32 Å². The Morgan fingerprint density at radius 1 is 1.39 bits per heavy atom. The van der Waals surface area contributed by atoms with Gasteiger partial charge in [-0.05, 0) is 40.0 Å². The molecule has 18 heavy (non-hydrogen) atoms. The molecule has 0 aliphatic carbocycles. The zero-order chi connectivity index (χ0) is 13.0. The lowest BCUT2D eigenvalue weighted by Gasteiger charge is -2.14. The van der Waals surface area contributed by atoms with Crippen molar-refractivity contribution in [3.05, 3.63) is 22.2 Å². The highest BCUT2D eigenvalue weighted by Gasteiger charge is 2.15. The highest BCUT2D eigenvalue weighted by atomic mass is 79.9. The first-order valence-electron chi connectivity index (χ1n) is 5.96. The lowest BCUT2D eigenvalue weighted by molar-refractivity contribution is 0.190. The molecule has 1 saturated heterocycles. The van der Waals surface area contributed by atoms with Crippen molar-refractivity contribution in [2.45, 2.75) is 19.0 Å². The highest BCUT2D eigenvalue weighted by Crippen LogP contribution is 2.36. The van der Waals surface area contributed by atoms with Crippen LogP contribution >= 0.6 is 15.9 Å². The van der Waals surface area contributed by atoms with Crippen molar-refractivity contribution >= 4 is 15.9 Å². The fourth-order valence-corrected chi connectivity index (χ4v) is 2.68. The van der Waals surface area contributed by atoms with Crippen molar-refractivity contribution in [2.75, 3.05) is 27.4 Å². The summed E-state index contributed by atoms with van der Waals surface area (Å²) in [5.74, 6) is 1.47. The van der Waals surface area contributed by atoms with Crippen molar-refractivity contribution in [3.63, 3.8) is 0 Å². The van der Waals surface area contributed by atoms with E-state index < -0.39 is 0 Å². The zero-order valence-corrected chi connectivity index (χ0v) is 12.2. The molecule has 0 aromatic heterocycles. The predicted molar refractivity (Wildman–Crippen MR) is 73.3 cm³/mol. The van der Waals surface area contributed by atoms with Crippen LogP contribution in [0.15, 0.2) is 16.6 Å². The molecule has 100 valence electrons. The maximum Gasteiger partial charge on any atom is 0.174 e. The minimum Gasteiger partial charge on any atom is -0.493 e. The summed E-state index contributed by atoms with van der Waals surface area (Å²) in [6.45, 7) is 2.45. The average molecular weight is 316 g/mol. The van der Waals surface area contributed by atoms with E-state index in [0.29, 0.717) is 6.04 Å². The summed E-state index contributed by atoms with van der Waals surface area (Å²) >= 11 is 3.50. The quantitative estimate of drug-likeness (QED) is 0.905. The van der Waals surface area contributed by atoms with Crippen LogP contribution in [0.5, 0.6) is 11.5 Å². The van der Waals surface area contributed by atoms with Gasteiger partial charge >= 0.3 is 0 Å². The second kappa shape index (κ2) is 6.41. The van der Waals surface area contributed by atoms with Crippen LogP contribution in [0, 0.1) is 0 Å². The van der Waals surface area contributed by atoms with Gasteiger partial charge in [-0.15, -0.1) is 0 Å². The van der Waals surface area contributed by atoms with Gasteiger partial charge in [-0.1, -0.05) is 0 Å². The summed E-state index contributed by atoms with van der Waals surface area (Å²) in [5.41, 5.74) is 1.16. The second-order valence-electron chi connectivity index (χ2n) is 4.25. The number of hydrogen-bond donors (Lipinski definition) is 1. The average Bonchev–Trinajstić information content (AvgIpc) is 2.88. The Morgan fingerprint density at radius 2 is 2.22 bits per heavy atom. The molecule has 1 unspecified atom stereocenters. The third kappa shape index (κ3) is 3.16. The normalized spacial score (nSPS) is 18.9. The first-order chi connectivity index (χ1) is 8.74. The van der Waals surface area contributed by atoms with E-state index >= 15 is 0 Å². The molecule has 1 aliphatic rings. The summed E-state index contributed by atoms with van der Waals surface area (Å²) in [5, 5.41) is 3.47. The van der Waals surface area contributed by atoms with E-state index in [1.165, 1.54) is 0 Å². The molecule has 0 amide bonds. The zero-order valence-electron chi connectivity index (χ0n) is 10.7. The van der Waals surface area contributed by atoms with Crippen LogP contribution in [-0.4, -0.2) is 33.5 Å². The number of benzene rings is 1. The van der Waals surface area contributed by atoms with E-state index in [1.54, 1.807) is 14.2 Å². The molecule has 1 atom stereocenters. The van der Waals surface area contributed by atoms with Gasteiger partial charge in [0.1, 0.15) is 0 Å². The SMILES string of the molecule is COc1cc(CNC2CCOC2)cc(Br)c1OC. The van der Waals surface area contributed by atoms with Crippen molar-refractivity contribution in [1.29, 1.82) is 0 Å². The minimum atomic E-state index is 0.455. The van der Waals surface area contributed by atoms with Gasteiger partial charge in [0.05, 0.1) is 25.3 Å². The van der Waals surface area contributed by atoms with Gasteiger partial charge in [-0.25, -0.2) is 0 Å². The Bertz CT molecular complexity index is 405. The van der Waals surface area contributed by atoms with Gasteiger partial charge in [0.25, 0.3) is 0 Å². The molecule has 0 bridgehead atoms. The Balaban J connectivity index is 2.05. The number of nitrogens with one attached hydrogen (secondary N) is 1. The summed E-state index contributed by atoms with van der Waals surface area (Å²) < 4.78 is 16.9. The van der Waals surface area contributed by atoms with Crippen LogP contribution in [0.1, 0.15) is 12.0 Å². The lowest BCUT2D eigenvalue weighted by atomic mass is 10.1. The van der Waals surface area contributed by atoms with Crippen LogP contribution in [0.4, 0.5) is 0 Å². The summed E-state index contributed by atoms with van der Waals surface area (Å²) in [7, 11) is 3.28.